The third-order valence-electron chi connectivity index (χ3n) is 15.4. The van der Waals surface area contributed by atoms with E-state index in [1.807, 2.05) is 23.1 Å². The molecule has 1 atom stereocenters. The van der Waals surface area contributed by atoms with Crippen LogP contribution in [0.2, 0.25) is 0 Å². The van der Waals surface area contributed by atoms with E-state index in [2.05, 4.69) is 37.7 Å². The van der Waals surface area contributed by atoms with Gasteiger partial charge in [0.05, 0.1) is 56.8 Å². The Morgan fingerprint density at radius 2 is 1.39 bits per heavy atom. The number of carbonyl (C=O) groups is 5. The second kappa shape index (κ2) is 28.8. The molecule has 0 radical (unpaired) electrons. The van der Waals surface area contributed by atoms with Crippen LogP contribution in [0.4, 0.5) is 11.4 Å². The Bertz CT molecular complexity index is 3210. The van der Waals surface area contributed by atoms with Crippen LogP contribution in [-0.4, -0.2) is 146 Å². The first-order chi connectivity index (χ1) is 40.5. The van der Waals surface area contributed by atoms with Gasteiger partial charge < -0.3 is 52.4 Å². The van der Waals surface area contributed by atoms with E-state index in [0.29, 0.717) is 49.1 Å². The molecule has 9 rings (SSSR count). The second-order valence-corrected chi connectivity index (χ2v) is 21.0. The normalized spacial score (nSPS) is 15.2. The van der Waals surface area contributed by atoms with Gasteiger partial charge in [-0.25, -0.2) is 4.58 Å². The topological polar surface area (TPSA) is 230 Å². The molecule has 0 aliphatic carbocycles. The monoisotopic (exact) mass is 1140 g/mol. The summed E-state index contributed by atoms with van der Waals surface area (Å²) in [5.41, 5.74) is 18.2. The zero-order chi connectivity index (χ0) is 58.2. The maximum Gasteiger partial charge on any atom is 0.325 e. The molecule has 0 saturated heterocycles. The average Bonchev–Trinajstić information content (AvgIpc) is 1.30. The lowest BCUT2D eigenvalue weighted by atomic mass is 9.82. The maximum atomic E-state index is 13.3. The van der Waals surface area contributed by atoms with Gasteiger partial charge in [0.25, 0.3) is 0 Å². The van der Waals surface area contributed by atoms with Gasteiger partial charge >= 0.3 is 29.8 Å². The molecule has 5 aliphatic rings. The molecule has 4 aromatic carbocycles. The number of hydrogen-bond donors (Lipinski definition) is 0. The molecule has 442 valence electrons. The van der Waals surface area contributed by atoms with Gasteiger partial charge in [-0.3, -0.25) is 28.9 Å². The molecular formula is C62H76N7O14+. The third-order valence-corrected chi connectivity index (χ3v) is 15.4. The number of hydrogen-bond acceptors (Lipinski definition) is 18. The number of rotatable bonds is 29. The van der Waals surface area contributed by atoms with Gasteiger partial charge in [0, 0.05) is 89.1 Å². The number of ether oxygens (including phenoxy) is 9. The molecule has 5 aliphatic heterocycles. The van der Waals surface area contributed by atoms with Gasteiger partial charge in [0.1, 0.15) is 61.6 Å². The van der Waals surface area contributed by atoms with Crippen LogP contribution in [0.3, 0.4) is 0 Å². The zero-order valence-corrected chi connectivity index (χ0v) is 48.2. The number of fused-ring (bicyclic) bond motifs is 4. The third kappa shape index (κ3) is 14.6. The molecule has 0 fully saturated rings. The Hall–Kier alpha value is -8.03. The highest BCUT2D eigenvalue weighted by Crippen LogP contribution is 2.50. The summed E-state index contributed by atoms with van der Waals surface area (Å²) in [6.45, 7) is 10.2. The van der Waals surface area contributed by atoms with E-state index < -0.39 is 36.6 Å². The Labute approximate surface area is 483 Å². The molecule has 4 aromatic rings. The lowest BCUT2D eigenvalue weighted by Gasteiger charge is -2.39. The first-order valence-electron chi connectivity index (χ1n) is 29.3. The smallest absolute Gasteiger partial charge is 0.325 e. The van der Waals surface area contributed by atoms with Gasteiger partial charge in [-0.1, -0.05) is 30.1 Å². The Balaban J connectivity index is 1.10. The Morgan fingerprint density at radius 1 is 0.699 bits per heavy atom. The van der Waals surface area contributed by atoms with Crippen LogP contribution >= 0.6 is 0 Å². The number of carbonyl (C=O) groups excluding carboxylic acids is 5. The van der Waals surface area contributed by atoms with Crippen molar-refractivity contribution < 1.29 is 66.6 Å². The fourth-order valence-corrected chi connectivity index (χ4v) is 12.0. The molecule has 1 unspecified atom stereocenters. The largest absolute Gasteiger partial charge is 0.493 e. The molecule has 0 bridgehead atoms. The number of benzene rings is 4. The molecule has 0 aromatic heterocycles. The number of unbranched alkanes of at least 4 members (excludes halogenated alkanes) is 3. The van der Waals surface area contributed by atoms with E-state index in [1.54, 1.807) is 43.9 Å². The number of azide groups is 1. The highest BCUT2D eigenvalue weighted by Gasteiger charge is 2.40. The van der Waals surface area contributed by atoms with Crippen LogP contribution in [0.25, 0.3) is 16.0 Å². The maximum absolute atomic E-state index is 13.3. The first kappa shape index (κ1) is 59.6. The lowest BCUT2D eigenvalue weighted by molar-refractivity contribution is -0.167. The van der Waals surface area contributed by atoms with Crippen molar-refractivity contribution in [1.29, 1.82) is 0 Å². The summed E-state index contributed by atoms with van der Waals surface area (Å²) in [6, 6.07) is 17.4. The fraction of sp³-hybridized carbons (Fsp3) is 0.516. The standard InChI is InChI=1S/C62H76N7O14/c1-5-75-54(71)36-68(37-57(74)82-40-81-41(4)70)44-31-43-33-50-58(49-32-42-17-14-25-66-26-15-18-47(59(42)66)61(49)83-62(50)48-19-16-27-67(35-44)60(43)48)46-23-22-45(34-53(46)79-28-13-9-8-12-24-64-65-63)78-29-30-80-52-21-11-10-20-51(52)69(38-55(72)76-6-2)39-56(73)77-7-3/h10-11,20-23,32-34,44H,5-9,12-19,24-31,35-40H2,1-4H3/q+1. The van der Waals surface area contributed by atoms with E-state index in [0.717, 1.165) is 134 Å². The summed E-state index contributed by atoms with van der Waals surface area (Å²) >= 11 is 0. The second-order valence-electron chi connectivity index (χ2n) is 21.0. The van der Waals surface area contributed by atoms with E-state index in [1.165, 1.54) is 23.7 Å². The van der Waals surface area contributed by atoms with Crippen LogP contribution in [0, 0.1) is 0 Å². The molecule has 0 saturated carbocycles. The molecule has 0 spiro atoms. The van der Waals surface area contributed by atoms with Crippen molar-refractivity contribution in [2.45, 2.75) is 104 Å². The summed E-state index contributed by atoms with van der Waals surface area (Å²) < 4.78 is 55.6. The predicted octanol–water partition coefficient (Wildman–Crippen LogP) is 6.67. The van der Waals surface area contributed by atoms with Crippen LogP contribution in [0.1, 0.15) is 106 Å². The molecule has 0 N–H and O–H groups in total. The van der Waals surface area contributed by atoms with Crippen molar-refractivity contribution >= 4 is 46.8 Å². The molecule has 0 amide bonds. The van der Waals surface area contributed by atoms with Crippen molar-refractivity contribution in [1.82, 2.24) is 9.48 Å². The van der Waals surface area contributed by atoms with E-state index in [9.17, 15) is 24.0 Å². The van der Waals surface area contributed by atoms with Gasteiger partial charge in [-0.2, -0.15) is 0 Å². The quantitative estimate of drug-likeness (QED) is 0.00711. The molecule has 5 heterocycles. The fourth-order valence-electron chi connectivity index (χ4n) is 12.0. The summed E-state index contributed by atoms with van der Waals surface area (Å²) in [5, 5.41) is 5.75. The van der Waals surface area contributed by atoms with Crippen molar-refractivity contribution in [3.8, 4) is 28.7 Å². The highest BCUT2D eigenvalue weighted by atomic mass is 16.7. The van der Waals surface area contributed by atoms with E-state index in [4.69, 9.17) is 48.2 Å². The number of para-hydroxylation sites is 2. The Morgan fingerprint density at radius 3 is 2.13 bits per heavy atom. The summed E-state index contributed by atoms with van der Waals surface area (Å²) in [5.74, 6) is 0.660. The van der Waals surface area contributed by atoms with Crippen LogP contribution in [0.5, 0.6) is 28.7 Å². The first-order valence-corrected chi connectivity index (χ1v) is 29.3. The summed E-state index contributed by atoms with van der Waals surface area (Å²) in [6.07, 6.45) is 9.31. The average molecular weight is 1140 g/mol. The van der Waals surface area contributed by atoms with Gasteiger partial charge in [-0.15, -0.1) is 0 Å². The van der Waals surface area contributed by atoms with E-state index >= 15 is 0 Å². The minimum atomic E-state index is -0.634. The van der Waals surface area contributed by atoms with Crippen LogP contribution in [0.15, 0.2) is 59.7 Å². The molecule has 21 heteroatoms. The van der Waals surface area contributed by atoms with Crippen molar-refractivity contribution in [2.75, 3.05) is 115 Å². The SMILES string of the molecule is CCOC(=O)CN(CC(=O)OCC)c1ccccc1OCCOc1ccc(C2=c3cc4c5c(c3Oc3c2cc2c6c3CCCN6CCC2)CCC[N+]=5CC(N(CC(=O)OCC)CC(=O)OCOC(C)=O)C4)c(OCCCCCCN=[N+]=[N-])c1. The molecular weight excluding hydrogens is 1070 g/mol. The summed E-state index contributed by atoms with van der Waals surface area (Å²) in [7, 11) is 0. The van der Waals surface area contributed by atoms with Gasteiger partial charge in [0.15, 0.2) is 6.54 Å². The van der Waals surface area contributed by atoms with Gasteiger partial charge in [-0.05, 0) is 113 Å². The lowest BCUT2D eigenvalue weighted by Crippen LogP contribution is -2.56. The van der Waals surface area contributed by atoms with Crippen molar-refractivity contribution in [2.24, 2.45) is 5.11 Å². The summed E-state index contributed by atoms with van der Waals surface area (Å²) in [4.78, 5) is 72.3. The number of esters is 5. The van der Waals surface area contributed by atoms with Crippen LogP contribution in [-0.2, 0) is 73.3 Å². The van der Waals surface area contributed by atoms with Gasteiger partial charge in [0.2, 0.25) is 12.2 Å². The minimum absolute atomic E-state index is 0.121. The number of aryl methyl sites for hydroxylation is 1. The Kier molecular flexibility index (Phi) is 20.7. The number of anilines is 2. The van der Waals surface area contributed by atoms with Crippen molar-refractivity contribution in [3.05, 3.63) is 109 Å². The predicted molar refractivity (Wildman–Crippen MR) is 308 cm³/mol. The molecule has 21 nitrogen and oxygen atoms in total. The minimum Gasteiger partial charge on any atom is -0.493 e. The number of nitrogens with zero attached hydrogens (tertiary/aromatic N) is 7. The van der Waals surface area contributed by atoms with Crippen molar-refractivity contribution in [3.63, 3.8) is 0 Å². The van der Waals surface area contributed by atoms with Crippen LogP contribution < -0.4 is 43.9 Å². The van der Waals surface area contributed by atoms with E-state index in [-0.39, 0.29) is 65.3 Å². The zero-order valence-electron chi connectivity index (χ0n) is 48.2. The highest BCUT2D eigenvalue weighted by molar-refractivity contribution is 5.91. The molecule has 83 heavy (non-hydrogen) atoms.